The number of likely N-dealkylation sites (N-methyl/N-ethyl adjacent to an activating group) is 2. The molecule has 1 N–H and O–H groups in total. The van der Waals surface area contributed by atoms with E-state index in [0.29, 0.717) is 18.2 Å². The smallest absolute Gasteiger partial charge is 0.227 e. The number of amides is 1. The third kappa shape index (κ3) is 3.02. The molecule has 0 spiro atoms. The number of phenols is 1. The predicted octanol–water partition coefficient (Wildman–Crippen LogP) is 2.98. The number of rotatable bonds is 3. The Bertz CT molecular complexity index is 851. The maximum absolute atomic E-state index is 13.1. The maximum atomic E-state index is 13.1. The SMILES string of the molecule is CN1CC[C@]2(C)c3cc(O)ccc3C[C@@H]1[C@@H]2N(C)C(=O)Cc1ccccc1. The Morgan fingerprint density at radius 3 is 2.74 bits per heavy atom. The van der Waals surface area contributed by atoms with Gasteiger partial charge < -0.3 is 14.9 Å². The fourth-order valence-electron chi connectivity index (χ4n) is 5.18. The summed E-state index contributed by atoms with van der Waals surface area (Å²) < 4.78 is 0. The molecule has 1 amide bonds. The summed E-state index contributed by atoms with van der Waals surface area (Å²) >= 11 is 0. The molecule has 1 aliphatic carbocycles. The summed E-state index contributed by atoms with van der Waals surface area (Å²) in [6.07, 6.45) is 2.31. The van der Waals surface area contributed by atoms with Crippen molar-refractivity contribution in [1.29, 1.82) is 0 Å². The van der Waals surface area contributed by atoms with E-state index >= 15 is 0 Å². The predicted molar refractivity (Wildman–Crippen MR) is 107 cm³/mol. The van der Waals surface area contributed by atoms with Gasteiger partial charge in [0.2, 0.25) is 5.91 Å². The van der Waals surface area contributed by atoms with Gasteiger partial charge in [-0.05, 0) is 55.3 Å². The molecule has 0 saturated carbocycles. The molecule has 142 valence electrons. The topological polar surface area (TPSA) is 43.8 Å². The summed E-state index contributed by atoms with van der Waals surface area (Å²) in [6, 6.07) is 16.1. The number of benzene rings is 2. The molecular formula is C23H28N2O2. The highest BCUT2D eigenvalue weighted by molar-refractivity contribution is 5.79. The van der Waals surface area contributed by atoms with Gasteiger partial charge in [-0.15, -0.1) is 0 Å². The zero-order valence-corrected chi connectivity index (χ0v) is 16.4. The Morgan fingerprint density at radius 2 is 2.00 bits per heavy atom. The molecule has 1 saturated heterocycles. The molecule has 2 aromatic rings. The van der Waals surface area contributed by atoms with E-state index in [1.54, 1.807) is 6.07 Å². The molecule has 2 aromatic carbocycles. The summed E-state index contributed by atoms with van der Waals surface area (Å²) in [4.78, 5) is 17.5. The molecular weight excluding hydrogens is 336 g/mol. The van der Waals surface area contributed by atoms with Crippen molar-refractivity contribution in [2.24, 2.45) is 0 Å². The van der Waals surface area contributed by atoms with Crippen molar-refractivity contribution >= 4 is 5.91 Å². The number of aromatic hydroxyl groups is 1. The quantitative estimate of drug-likeness (QED) is 0.911. The minimum Gasteiger partial charge on any atom is -0.508 e. The molecule has 4 heteroatoms. The molecule has 1 aliphatic heterocycles. The first-order valence-electron chi connectivity index (χ1n) is 9.72. The standard InChI is InChI=1S/C23H28N2O2/c1-23-11-12-24(2)20(14-17-9-10-18(26)15-19(17)23)22(23)25(3)21(27)13-16-7-5-4-6-8-16/h4-10,15,20,22,26H,11-14H2,1-3H3/t20-,22+,23-/m1/s1. The van der Waals surface area contributed by atoms with Crippen molar-refractivity contribution < 1.29 is 9.90 Å². The van der Waals surface area contributed by atoms with Crippen LogP contribution in [0.3, 0.4) is 0 Å². The van der Waals surface area contributed by atoms with Gasteiger partial charge in [0, 0.05) is 18.5 Å². The highest BCUT2D eigenvalue weighted by atomic mass is 16.3. The molecule has 1 fully saturated rings. The van der Waals surface area contributed by atoms with E-state index in [0.717, 1.165) is 24.9 Å². The first-order chi connectivity index (χ1) is 12.9. The summed E-state index contributed by atoms with van der Waals surface area (Å²) in [5, 5.41) is 10.1. The van der Waals surface area contributed by atoms with Crippen molar-refractivity contribution in [1.82, 2.24) is 9.80 Å². The maximum Gasteiger partial charge on any atom is 0.227 e. The van der Waals surface area contributed by atoms with Gasteiger partial charge in [0.25, 0.3) is 0 Å². The molecule has 0 unspecified atom stereocenters. The number of carbonyl (C=O) groups is 1. The van der Waals surface area contributed by atoms with Gasteiger partial charge in [-0.1, -0.05) is 43.3 Å². The first kappa shape index (κ1) is 18.1. The minimum absolute atomic E-state index is 0.0989. The van der Waals surface area contributed by atoms with Gasteiger partial charge >= 0.3 is 0 Å². The van der Waals surface area contributed by atoms with E-state index in [1.807, 2.05) is 48.3 Å². The van der Waals surface area contributed by atoms with Crippen LogP contribution in [0.4, 0.5) is 0 Å². The van der Waals surface area contributed by atoms with Gasteiger partial charge in [-0.25, -0.2) is 0 Å². The number of phenolic OH excluding ortho intramolecular Hbond substituents is 1. The summed E-state index contributed by atoms with van der Waals surface area (Å²) in [5.74, 6) is 0.464. The Labute approximate surface area is 161 Å². The molecule has 3 atom stereocenters. The lowest BCUT2D eigenvalue weighted by atomic mass is 9.61. The highest BCUT2D eigenvalue weighted by Crippen LogP contribution is 2.47. The van der Waals surface area contributed by atoms with Crippen LogP contribution in [0.5, 0.6) is 5.75 Å². The minimum atomic E-state index is -0.148. The number of fused-ring (bicyclic) bond motifs is 4. The second-order valence-corrected chi connectivity index (χ2v) is 8.37. The van der Waals surface area contributed by atoms with Crippen molar-refractivity contribution in [3.63, 3.8) is 0 Å². The van der Waals surface area contributed by atoms with E-state index in [4.69, 9.17) is 0 Å². The lowest BCUT2D eigenvalue weighted by Gasteiger charge is -2.57. The van der Waals surface area contributed by atoms with Crippen LogP contribution in [0, 0.1) is 0 Å². The summed E-state index contributed by atoms with van der Waals surface area (Å²) in [7, 11) is 4.12. The van der Waals surface area contributed by atoms with E-state index < -0.39 is 0 Å². The normalized spacial score (nSPS) is 27.1. The number of piperidine rings is 1. The Hall–Kier alpha value is -2.33. The van der Waals surface area contributed by atoms with Crippen LogP contribution in [-0.4, -0.2) is 53.5 Å². The molecule has 27 heavy (non-hydrogen) atoms. The van der Waals surface area contributed by atoms with Crippen LogP contribution in [0.1, 0.15) is 30.0 Å². The fourth-order valence-corrected chi connectivity index (χ4v) is 5.18. The van der Waals surface area contributed by atoms with Crippen LogP contribution < -0.4 is 0 Å². The van der Waals surface area contributed by atoms with E-state index in [-0.39, 0.29) is 17.4 Å². The number of carbonyl (C=O) groups excluding carboxylic acids is 1. The number of hydrogen-bond acceptors (Lipinski definition) is 3. The lowest BCUT2D eigenvalue weighted by Crippen LogP contribution is -2.67. The zero-order valence-electron chi connectivity index (χ0n) is 16.4. The molecule has 4 nitrogen and oxygen atoms in total. The van der Waals surface area contributed by atoms with Gasteiger partial charge in [0.05, 0.1) is 12.5 Å². The van der Waals surface area contributed by atoms with Crippen LogP contribution in [-0.2, 0) is 23.1 Å². The van der Waals surface area contributed by atoms with Crippen LogP contribution in [0.25, 0.3) is 0 Å². The van der Waals surface area contributed by atoms with Crippen LogP contribution in [0.15, 0.2) is 48.5 Å². The van der Waals surface area contributed by atoms with Gasteiger partial charge in [0.15, 0.2) is 0 Å². The van der Waals surface area contributed by atoms with Crippen molar-refractivity contribution in [2.75, 3.05) is 20.6 Å². The first-order valence-corrected chi connectivity index (χ1v) is 9.72. The zero-order chi connectivity index (χ0) is 19.2. The van der Waals surface area contributed by atoms with E-state index in [9.17, 15) is 9.90 Å². The highest BCUT2D eigenvalue weighted by Gasteiger charge is 2.52. The van der Waals surface area contributed by atoms with Crippen molar-refractivity contribution in [3.05, 3.63) is 65.2 Å². The third-order valence-electron chi connectivity index (χ3n) is 6.71. The molecule has 2 bridgehead atoms. The van der Waals surface area contributed by atoms with E-state index in [1.165, 1.54) is 11.1 Å². The number of nitrogens with zero attached hydrogens (tertiary/aromatic N) is 2. The molecule has 2 aliphatic rings. The summed E-state index contributed by atoms with van der Waals surface area (Å²) in [6.45, 7) is 3.27. The van der Waals surface area contributed by atoms with E-state index in [2.05, 4.69) is 24.9 Å². The number of likely N-dealkylation sites (tertiary alicyclic amines) is 1. The molecule has 0 aromatic heterocycles. The van der Waals surface area contributed by atoms with Crippen LogP contribution in [0.2, 0.25) is 0 Å². The van der Waals surface area contributed by atoms with Gasteiger partial charge in [-0.3, -0.25) is 4.79 Å². The monoisotopic (exact) mass is 364 g/mol. The number of hydrogen-bond donors (Lipinski definition) is 1. The van der Waals surface area contributed by atoms with Crippen molar-refractivity contribution in [2.45, 2.75) is 43.7 Å². The average Bonchev–Trinajstić information content (AvgIpc) is 2.66. The Kier molecular flexibility index (Phi) is 4.47. The second-order valence-electron chi connectivity index (χ2n) is 8.37. The fraction of sp³-hybridized carbons (Fsp3) is 0.435. The van der Waals surface area contributed by atoms with Crippen LogP contribution >= 0.6 is 0 Å². The van der Waals surface area contributed by atoms with Crippen molar-refractivity contribution in [3.8, 4) is 5.75 Å². The Morgan fingerprint density at radius 1 is 1.26 bits per heavy atom. The van der Waals surface area contributed by atoms with Gasteiger partial charge in [0.1, 0.15) is 5.75 Å². The summed E-state index contributed by atoms with van der Waals surface area (Å²) in [5.41, 5.74) is 3.40. The molecule has 0 radical (unpaired) electrons. The Balaban J connectivity index is 1.69. The molecule has 1 heterocycles. The molecule has 4 rings (SSSR count). The largest absolute Gasteiger partial charge is 0.508 e. The average molecular weight is 364 g/mol. The lowest BCUT2D eigenvalue weighted by molar-refractivity contribution is -0.136. The van der Waals surface area contributed by atoms with Gasteiger partial charge in [-0.2, -0.15) is 0 Å². The third-order valence-corrected chi connectivity index (χ3v) is 6.71. The second kappa shape index (κ2) is 6.68.